The largest absolute Gasteiger partial charge is 0.399 e. The van der Waals surface area contributed by atoms with E-state index in [0.717, 1.165) is 5.69 Å². The predicted octanol–water partition coefficient (Wildman–Crippen LogP) is 3.11. The molecule has 1 aromatic heterocycles. The number of benzene rings is 1. The summed E-state index contributed by atoms with van der Waals surface area (Å²) < 4.78 is 0. The molecule has 16 heavy (non-hydrogen) atoms. The van der Waals surface area contributed by atoms with Gasteiger partial charge in [0.1, 0.15) is 0 Å². The Labute approximate surface area is 102 Å². The first kappa shape index (κ1) is 11.0. The smallest absolute Gasteiger partial charge is 0.175 e. The van der Waals surface area contributed by atoms with Gasteiger partial charge in [-0.1, -0.05) is 23.2 Å². The molecule has 0 aliphatic rings. The third kappa shape index (κ3) is 2.53. The van der Waals surface area contributed by atoms with Crippen molar-refractivity contribution in [1.29, 1.82) is 0 Å². The summed E-state index contributed by atoms with van der Waals surface area (Å²) in [6.45, 7) is 0. The molecule has 4 nitrogen and oxygen atoms in total. The zero-order valence-corrected chi connectivity index (χ0v) is 9.63. The number of nitrogens with one attached hydrogen (secondary N) is 1. The molecular formula is C10H8Cl2N4. The molecule has 0 aliphatic heterocycles. The molecule has 6 heteroatoms. The van der Waals surface area contributed by atoms with Crippen LogP contribution >= 0.6 is 23.2 Å². The number of rotatable bonds is 2. The van der Waals surface area contributed by atoms with Crippen LogP contribution in [0.25, 0.3) is 0 Å². The van der Waals surface area contributed by atoms with Gasteiger partial charge in [-0.15, -0.1) is 10.2 Å². The normalized spacial score (nSPS) is 10.1. The van der Waals surface area contributed by atoms with Crippen LogP contribution in [0.2, 0.25) is 10.3 Å². The molecule has 0 atom stereocenters. The summed E-state index contributed by atoms with van der Waals surface area (Å²) in [5.41, 5.74) is 7.72. The van der Waals surface area contributed by atoms with Gasteiger partial charge < -0.3 is 11.1 Å². The van der Waals surface area contributed by atoms with E-state index in [4.69, 9.17) is 28.9 Å². The van der Waals surface area contributed by atoms with Crippen molar-refractivity contribution in [2.75, 3.05) is 11.1 Å². The van der Waals surface area contributed by atoms with Gasteiger partial charge in [0, 0.05) is 17.4 Å². The van der Waals surface area contributed by atoms with Crippen molar-refractivity contribution in [1.82, 2.24) is 10.2 Å². The summed E-state index contributed by atoms with van der Waals surface area (Å²) in [4.78, 5) is 0. The van der Waals surface area contributed by atoms with Crippen molar-refractivity contribution in [3.63, 3.8) is 0 Å². The molecule has 82 valence electrons. The van der Waals surface area contributed by atoms with Gasteiger partial charge in [-0.2, -0.15) is 0 Å². The van der Waals surface area contributed by atoms with Gasteiger partial charge >= 0.3 is 0 Å². The van der Waals surface area contributed by atoms with E-state index in [0.29, 0.717) is 11.4 Å². The SMILES string of the molecule is Nc1ccc(Nc2cc(Cl)nnc2Cl)cc1. The zero-order chi connectivity index (χ0) is 11.5. The maximum absolute atomic E-state index is 5.86. The Kier molecular flexibility index (Phi) is 3.12. The fraction of sp³-hybridized carbons (Fsp3) is 0. The Hall–Kier alpha value is -1.52. The van der Waals surface area contributed by atoms with E-state index in [1.165, 1.54) is 0 Å². The van der Waals surface area contributed by atoms with Crippen LogP contribution < -0.4 is 11.1 Å². The fourth-order valence-electron chi connectivity index (χ4n) is 1.16. The van der Waals surface area contributed by atoms with E-state index in [1.54, 1.807) is 18.2 Å². The molecule has 1 aromatic carbocycles. The van der Waals surface area contributed by atoms with Crippen LogP contribution in [-0.4, -0.2) is 10.2 Å². The monoisotopic (exact) mass is 254 g/mol. The topological polar surface area (TPSA) is 63.8 Å². The first-order valence-electron chi connectivity index (χ1n) is 4.46. The second-order valence-corrected chi connectivity index (χ2v) is 3.86. The van der Waals surface area contributed by atoms with Crippen molar-refractivity contribution < 1.29 is 0 Å². The second kappa shape index (κ2) is 4.55. The first-order chi connectivity index (χ1) is 7.65. The summed E-state index contributed by atoms with van der Waals surface area (Å²) >= 11 is 11.6. The quantitative estimate of drug-likeness (QED) is 0.809. The van der Waals surface area contributed by atoms with Crippen molar-refractivity contribution in [2.45, 2.75) is 0 Å². The van der Waals surface area contributed by atoms with Crippen LogP contribution in [0, 0.1) is 0 Å². The lowest BCUT2D eigenvalue weighted by molar-refractivity contribution is 1.03. The van der Waals surface area contributed by atoms with E-state index in [1.807, 2.05) is 12.1 Å². The number of aromatic nitrogens is 2. The number of hydrogen-bond acceptors (Lipinski definition) is 4. The molecule has 1 heterocycles. The Morgan fingerprint density at radius 3 is 2.44 bits per heavy atom. The average Bonchev–Trinajstić information content (AvgIpc) is 2.27. The first-order valence-corrected chi connectivity index (χ1v) is 5.22. The highest BCUT2D eigenvalue weighted by molar-refractivity contribution is 6.33. The highest BCUT2D eigenvalue weighted by Gasteiger charge is 2.04. The van der Waals surface area contributed by atoms with Gasteiger partial charge in [-0.05, 0) is 24.3 Å². The number of nitrogen functional groups attached to an aromatic ring is 1. The Bertz CT molecular complexity index is 499. The van der Waals surface area contributed by atoms with Crippen LogP contribution in [0.1, 0.15) is 0 Å². The molecule has 0 saturated carbocycles. The maximum atomic E-state index is 5.86. The van der Waals surface area contributed by atoms with E-state index >= 15 is 0 Å². The van der Waals surface area contributed by atoms with Crippen LogP contribution in [-0.2, 0) is 0 Å². The van der Waals surface area contributed by atoms with Gasteiger partial charge in [0.25, 0.3) is 0 Å². The minimum absolute atomic E-state index is 0.265. The molecule has 2 rings (SSSR count). The summed E-state index contributed by atoms with van der Waals surface area (Å²) in [7, 11) is 0. The van der Waals surface area contributed by atoms with Crippen LogP contribution in [0.15, 0.2) is 30.3 Å². The fourth-order valence-corrected chi connectivity index (χ4v) is 1.45. The minimum Gasteiger partial charge on any atom is -0.399 e. The Morgan fingerprint density at radius 1 is 1.06 bits per heavy atom. The van der Waals surface area contributed by atoms with Gasteiger partial charge in [0.15, 0.2) is 10.3 Å². The third-order valence-electron chi connectivity index (χ3n) is 1.91. The summed E-state index contributed by atoms with van der Waals surface area (Å²) in [6.07, 6.45) is 0. The summed E-state index contributed by atoms with van der Waals surface area (Å²) in [6, 6.07) is 8.84. The molecule has 0 aliphatic carbocycles. The number of hydrogen-bond donors (Lipinski definition) is 2. The molecule has 0 spiro atoms. The summed E-state index contributed by atoms with van der Waals surface area (Å²) in [5.74, 6) is 0. The van der Waals surface area contributed by atoms with Crippen molar-refractivity contribution >= 4 is 40.3 Å². The standard InChI is InChI=1S/C10H8Cl2N4/c11-9-5-8(10(12)16-15-9)14-7-3-1-6(13)2-4-7/h1-5H,13H2,(H,14,15). The van der Waals surface area contributed by atoms with E-state index in [-0.39, 0.29) is 10.3 Å². The number of nitrogens with zero attached hydrogens (tertiary/aromatic N) is 2. The lowest BCUT2D eigenvalue weighted by Gasteiger charge is -2.07. The maximum Gasteiger partial charge on any atom is 0.175 e. The molecule has 0 fully saturated rings. The van der Waals surface area contributed by atoms with Crippen LogP contribution in [0.5, 0.6) is 0 Å². The van der Waals surface area contributed by atoms with Crippen molar-refractivity contribution in [2.24, 2.45) is 0 Å². The highest BCUT2D eigenvalue weighted by Crippen LogP contribution is 2.25. The highest BCUT2D eigenvalue weighted by atomic mass is 35.5. The predicted molar refractivity (Wildman–Crippen MR) is 66.2 cm³/mol. The molecular weight excluding hydrogens is 247 g/mol. The van der Waals surface area contributed by atoms with E-state index in [2.05, 4.69) is 15.5 Å². The van der Waals surface area contributed by atoms with E-state index in [9.17, 15) is 0 Å². The van der Waals surface area contributed by atoms with Crippen molar-refractivity contribution in [3.05, 3.63) is 40.6 Å². The van der Waals surface area contributed by atoms with Gasteiger partial charge in [-0.3, -0.25) is 0 Å². The second-order valence-electron chi connectivity index (χ2n) is 3.12. The van der Waals surface area contributed by atoms with Crippen molar-refractivity contribution in [3.8, 4) is 0 Å². The number of halogens is 2. The average molecular weight is 255 g/mol. The molecule has 3 N–H and O–H groups in total. The lowest BCUT2D eigenvalue weighted by Crippen LogP contribution is -1.95. The Morgan fingerprint density at radius 2 is 1.75 bits per heavy atom. The minimum atomic E-state index is 0.265. The molecule has 0 radical (unpaired) electrons. The molecule has 0 amide bonds. The Balaban J connectivity index is 2.26. The van der Waals surface area contributed by atoms with Gasteiger partial charge in [0.05, 0.1) is 5.69 Å². The lowest BCUT2D eigenvalue weighted by atomic mass is 10.3. The van der Waals surface area contributed by atoms with Crippen LogP contribution in [0.4, 0.5) is 17.1 Å². The number of nitrogens with two attached hydrogens (primary N) is 1. The molecule has 2 aromatic rings. The van der Waals surface area contributed by atoms with Gasteiger partial charge in [0.2, 0.25) is 0 Å². The molecule has 0 bridgehead atoms. The third-order valence-corrected chi connectivity index (χ3v) is 2.37. The van der Waals surface area contributed by atoms with Crippen LogP contribution in [0.3, 0.4) is 0 Å². The van der Waals surface area contributed by atoms with Gasteiger partial charge in [-0.25, -0.2) is 0 Å². The number of anilines is 3. The molecule has 0 saturated heterocycles. The molecule has 0 unspecified atom stereocenters. The van der Waals surface area contributed by atoms with E-state index < -0.39 is 0 Å². The summed E-state index contributed by atoms with van der Waals surface area (Å²) in [5, 5.41) is 10.9. The zero-order valence-electron chi connectivity index (χ0n) is 8.11.